The van der Waals surface area contributed by atoms with Gasteiger partial charge in [-0.25, -0.2) is 4.79 Å². The van der Waals surface area contributed by atoms with Crippen LogP contribution in [0.4, 0.5) is 0 Å². The van der Waals surface area contributed by atoms with Crippen LogP contribution >= 0.6 is 0 Å². The lowest BCUT2D eigenvalue weighted by Crippen LogP contribution is -2.41. The van der Waals surface area contributed by atoms with Crippen LogP contribution in [0.2, 0.25) is 0 Å². The first kappa shape index (κ1) is 12.1. The highest BCUT2D eigenvalue weighted by atomic mass is 16.5. The molecule has 1 unspecified atom stereocenters. The van der Waals surface area contributed by atoms with Crippen LogP contribution in [0, 0.1) is 0 Å². The van der Waals surface area contributed by atoms with Crippen LogP contribution in [0.15, 0.2) is 16.5 Å². The second-order valence-corrected chi connectivity index (χ2v) is 4.21. The summed E-state index contributed by atoms with van der Waals surface area (Å²) in [6.45, 7) is 5.21. The van der Waals surface area contributed by atoms with Crippen molar-refractivity contribution in [3.8, 4) is 0 Å². The van der Waals surface area contributed by atoms with Gasteiger partial charge < -0.3 is 14.3 Å². The molecule has 1 fully saturated rings. The van der Waals surface area contributed by atoms with Crippen LogP contribution < -0.4 is 0 Å². The molecule has 0 aromatic carbocycles. The zero-order chi connectivity index (χ0) is 12.3. The Morgan fingerprint density at radius 1 is 1.59 bits per heavy atom. The molecule has 1 aromatic rings. The quantitative estimate of drug-likeness (QED) is 0.864. The molecule has 5 heteroatoms. The molecule has 1 aromatic heterocycles. The van der Waals surface area contributed by atoms with Gasteiger partial charge in [0.05, 0.1) is 19.3 Å². The first-order chi connectivity index (χ1) is 8.19. The summed E-state index contributed by atoms with van der Waals surface area (Å²) in [4.78, 5) is 12.9. The van der Waals surface area contributed by atoms with Gasteiger partial charge in [-0.3, -0.25) is 4.90 Å². The standard InChI is InChI=1S/C12H17NO4/c1-2-9-7-13(5-6-16-9)8-10-3-4-11(17-10)12(14)15/h3-4,9H,2,5-8H2,1H3,(H,14,15). The number of rotatable bonds is 4. The minimum Gasteiger partial charge on any atom is -0.475 e. The number of ether oxygens (including phenoxy) is 1. The topological polar surface area (TPSA) is 62.9 Å². The lowest BCUT2D eigenvalue weighted by Gasteiger charge is -2.31. The monoisotopic (exact) mass is 239 g/mol. The fourth-order valence-electron chi connectivity index (χ4n) is 1.97. The molecule has 0 spiro atoms. The van der Waals surface area contributed by atoms with Crippen molar-refractivity contribution in [3.05, 3.63) is 23.7 Å². The molecule has 0 amide bonds. The van der Waals surface area contributed by atoms with Gasteiger partial charge in [0.15, 0.2) is 0 Å². The van der Waals surface area contributed by atoms with Crippen LogP contribution in [0.25, 0.3) is 0 Å². The lowest BCUT2D eigenvalue weighted by molar-refractivity contribution is -0.0342. The molecule has 1 N–H and O–H groups in total. The number of carboxylic acid groups (broad SMARTS) is 1. The first-order valence-electron chi connectivity index (χ1n) is 5.85. The number of carbonyl (C=O) groups is 1. The Morgan fingerprint density at radius 2 is 2.41 bits per heavy atom. The van der Waals surface area contributed by atoms with E-state index in [1.165, 1.54) is 6.07 Å². The molecule has 1 aliphatic heterocycles. The van der Waals surface area contributed by atoms with Gasteiger partial charge in [0.2, 0.25) is 5.76 Å². The van der Waals surface area contributed by atoms with Crippen LogP contribution in [0.1, 0.15) is 29.7 Å². The third kappa shape index (κ3) is 3.08. The van der Waals surface area contributed by atoms with E-state index in [0.717, 1.165) is 26.1 Å². The summed E-state index contributed by atoms with van der Waals surface area (Å²) < 4.78 is 10.8. The van der Waals surface area contributed by atoms with Gasteiger partial charge in [-0.1, -0.05) is 6.92 Å². The third-order valence-corrected chi connectivity index (χ3v) is 2.93. The molecular formula is C12H17NO4. The number of carboxylic acids is 1. The predicted molar refractivity (Wildman–Crippen MR) is 61.0 cm³/mol. The third-order valence-electron chi connectivity index (χ3n) is 2.93. The fourth-order valence-corrected chi connectivity index (χ4v) is 1.97. The second-order valence-electron chi connectivity index (χ2n) is 4.21. The maximum absolute atomic E-state index is 10.7. The zero-order valence-electron chi connectivity index (χ0n) is 9.89. The first-order valence-corrected chi connectivity index (χ1v) is 5.85. The van der Waals surface area contributed by atoms with E-state index in [2.05, 4.69) is 11.8 Å². The number of hydrogen-bond donors (Lipinski definition) is 1. The van der Waals surface area contributed by atoms with Crippen molar-refractivity contribution in [1.82, 2.24) is 4.90 Å². The Balaban J connectivity index is 1.93. The molecule has 1 atom stereocenters. The predicted octanol–water partition coefficient (Wildman–Crippen LogP) is 1.59. The van der Waals surface area contributed by atoms with Gasteiger partial charge in [-0.2, -0.15) is 0 Å². The summed E-state index contributed by atoms with van der Waals surface area (Å²) in [5.41, 5.74) is 0. The maximum Gasteiger partial charge on any atom is 0.371 e. The molecule has 5 nitrogen and oxygen atoms in total. The summed E-state index contributed by atoms with van der Waals surface area (Å²) in [5.74, 6) is -0.330. The Morgan fingerprint density at radius 3 is 3.06 bits per heavy atom. The van der Waals surface area contributed by atoms with Crippen molar-refractivity contribution < 1.29 is 19.1 Å². The minimum absolute atomic E-state index is 0.000279. The van der Waals surface area contributed by atoms with Crippen molar-refractivity contribution in [2.24, 2.45) is 0 Å². The summed E-state index contributed by atoms with van der Waals surface area (Å²) in [5, 5.41) is 8.76. The lowest BCUT2D eigenvalue weighted by atomic mass is 10.2. The van der Waals surface area contributed by atoms with Gasteiger partial charge in [0.25, 0.3) is 0 Å². The maximum atomic E-state index is 10.7. The minimum atomic E-state index is -1.02. The smallest absolute Gasteiger partial charge is 0.371 e. The van der Waals surface area contributed by atoms with E-state index in [-0.39, 0.29) is 11.9 Å². The molecule has 0 saturated carbocycles. The van der Waals surface area contributed by atoms with Crippen molar-refractivity contribution in [2.45, 2.75) is 26.0 Å². The van der Waals surface area contributed by atoms with Gasteiger partial charge in [-0.15, -0.1) is 0 Å². The van der Waals surface area contributed by atoms with E-state index >= 15 is 0 Å². The van der Waals surface area contributed by atoms with Crippen molar-refractivity contribution in [3.63, 3.8) is 0 Å². The molecule has 0 aliphatic carbocycles. The van der Waals surface area contributed by atoms with Crippen molar-refractivity contribution in [2.75, 3.05) is 19.7 Å². The molecule has 94 valence electrons. The van der Waals surface area contributed by atoms with Crippen molar-refractivity contribution >= 4 is 5.97 Å². The van der Waals surface area contributed by atoms with E-state index in [4.69, 9.17) is 14.3 Å². The summed E-state index contributed by atoms with van der Waals surface area (Å²) >= 11 is 0. The highest BCUT2D eigenvalue weighted by Crippen LogP contribution is 2.14. The molecule has 17 heavy (non-hydrogen) atoms. The zero-order valence-corrected chi connectivity index (χ0v) is 9.89. The van der Waals surface area contributed by atoms with Gasteiger partial charge in [-0.05, 0) is 18.6 Å². The van der Waals surface area contributed by atoms with E-state index < -0.39 is 5.97 Å². The van der Waals surface area contributed by atoms with Gasteiger partial charge >= 0.3 is 5.97 Å². The number of furan rings is 1. The molecule has 0 bridgehead atoms. The Bertz CT molecular complexity index is 388. The highest BCUT2D eigenvalue weighted by Gasteiger charge is 2.20. The fraction of sp³-hybridized carbons (Fsp3) is 0.583. The second kappa shape index (κ2) is 5.33. The number of aromatic carboxylic acids is 1. The van der Waals surface area contributed by atoms with E-state index in [9.17, 15) is 4.79 Å². The SMILES string of the molecule is CCC1CN(Cc2ccc(C(=O)O)o2)CCO1. The normalized spacial score (nSPS) is 21.6. The van der Waals surface area contributed by atoms with Gasteiger partial charge in [0, 0.05) is 13.1 Å². The molecule has 2 rings (SSSR count). The highest BCUT2D eigenvalue weighted by molar-refractivity contribution is 5.84. The van der Waals surface area contributed by atoms with Gasteiger partial charge in [0.1, 0.15) is 5.76 Å². The van der Waals surface area contributed by atoms with Crippen LogP contribution in [-0.4, -0.2) is 41.8 Å². The molecule has 0 radical (unpaired) electrons. The van der Waals surface area contributed by atoms with Crippen molar-refractivity contribution in [1.29, 1.82) is 0 Å². The number of morpholine rings is 1. The average molecular weight is 239 g/mol. The Labute approximate surface area is 100.0 Å². The molecule has 2 heterocycles. The van der Waals surface area contributed by atoms with Crippen LogP contribution in [0.5, 0.6) is 0 Å². The average Bonchev–Trinajstić information content (AvgIpc) is 2.78. The number of nitrogens with zero attached hydrogens (tertiary/aromatic N) is 1. The summed E-state index contributed by atoms with van der Waals surface area (Å²) in [7, 11) is 0. The number of hydrogen-bond acceptors (Lipinski definition) is 4. The molecule has 1 aliphatic rings. The van der Waals surface area contributed by atoms with E-state index in [1.807, 2.05) is 0 Å². The Kier molecular flexibility index (Phi) is 3.81. The molecule has 1 saturated heterocycles. The van der Waals surface area contributed by atoms with E-state index in [0.29, 0.717) is 12.3 Å². The molecular weight excluding hydrogens is 222 g/mol. The summed E-state index contributed by atoms with van der Waals surface area (Å²) in [6.07, 6.45) is 1.27. The van der Waals surface area contributed by atoms with E-state index in [1.54, 1.807) is 6.07 Å². The largest absolute Gasteiger partial charge is 0.475 e. The van der Waals surface area contributed by atoms with Crippen LogP contribution in [0.3, 0.4) is 0 Å². The van der Waals surface area contributed by atoms with Crippen LogP contribution in [-0.2, 0) is 11.3 Å². The Hall–Kier alpha value is -1.33. The summed E-state index contributed by atoms with van der Waals surface area (Å²) in [6, 6.07) is 3.22.